The number of anilines is 1. The lowest BCUT2D eigenvalue weighted by atomic mass is 9.83. The molecular weight excluding hydrogens is 512 g/mol. The Morgan fingerprint density at radius 2 is 2.08 bits per heavy atom. The van der Waals surface area contributed by atoms with Gasteiger partial charge in [0.1, 0.15) is 4.34 Å². The number of carbonyl (C=O) groups is 1. The topological polar surface area (TPSA) is 122 Å². The summed E-state index contributed by atoms with van der Waals surface area (Å²) in [7, 11) is 0. The zero-order valence-corrected chi connectivity index (χ0v) is 21.3. The van der Waals surface area contributed by atoms with Crippen molar-refractivity contribution in [2.45, 2.75) is 31.1 Å². The van der Waals surface area contributed by atoms with Crippen LogP contribution in [0.15, 0.2) is 35.6 Å². The smallest absolute Gasteiger partial charge is 0.248 e. The Hall–Kier alpha value is -2.38. The third-order valence-corrected chi connectivity index (χ3v) is 7.48. The van der Waals surface area contributed by atoms with Gasteiger partial charge in [-0.2, -0.15) is 0 Å². The van der Waals surface area contributed by atoms with Crippen LogP contribution in [0.2, 0.25) is 4.34 Å². The Kier molecular flexibility index (Phi) is 8.73. The van der Waals surface area contributed by atoms with E-state index in [9.17, 15) is 13.6 Å². The number of amidine groups is 1. The molecule has 2 fully saturated rings. The summed E-state index contributed by atoms with van der Waals surface area (Å²) in [6.07, 6.45) is 1.10. The number of hydrazone groups is 1. The molecule has 1 aromatic carbocycles. The molecule has 1 saturated heterocycles. The van der Waals surface area contributed by atoms with Crippen molar-refractivity contribution < 1.29 is 18.3 Å². The van der Waals surface area contributed by atoms with Crippen LogP contribution in [-0.4, -0.2) is 72.1 Å². The van der Waals surface area contributed by atoms with Crippen molar-refractivity contribution in [3.05, 3.63) is 45.9 Å². The summed E-state index contributed by atoms with van der Waals surface area (Å²) in [5, 5.41) is 8.60. The largest absolute Gasteiger partial charge is 0.382 e. The van der Waals surface area contributed by atoms with Gasteiger partial charge in [-0.15, -0.1) is 5.10 Å². The van der Waals surface area contributed by atoms with E-state index in [2.05, 4.69) is 20.3 Å². The third kappa shape index (κ3) is 7.10. The summed E-state index contributed by atoms with van der Waals surface area (Å²) >= 11 is 7.02. The zero-order chi connectivity index (χ0) is 25.7. The molecular formula is C23H30ClF2N7O2S. The minimum Gasteiger partial charge on any atom is -0.382 e. The number of nitrogens with zero attached hydrogens (tertiary/aromatic N) is 4. The fourth-order valence-electron chi connectivity index (χ4n) is 4.58. The summed E-state index contributed by atoms with van der Waals surface area (Å²) in [5.74, 6) is 1.77. The third-order valence-electron chi connectivity index (χ3n) is 6.45. The van der Waals surface area contributed by atoms with Gasteiger partial charge in [-0.1, -0.05) is 47.2 Å². The summed E-state index contributed by atoms with van der Waals surface area (Å²) in [4.78, 5) is 19.5. The second-order valence-electron chi connectivity index (χ2n) is 9.02. The Balaban J connectivity index is 1.45. The normalized spacial score (nSPS) is 21.3. The highest BCUT2D eigenvalue weighted by Crippen LogP contribution is 2.46. The number of hydrogen-bond donors (Lipinski definition) is 3. The Morgan fingerprint density at radius 3 is 2.69 bits per heavy atom. The molecule has 5 N–H and O–H groups in total. The van der Waals surface area contributed by atoms with Gasteiger partial charge in [0.15, 0.2) is 11.0 Å². The molecule has 2 heterocycles. The lowest BCUT2D eigenvalue weighted by molar-refractivity contribution is -0.118. The summed E-state index contributed by atoms with van der Waals surface area (Å²) in [6, 6.07) is 6.89. The Morgan fingerprint density at radius 1 is 1.36 bits per heavy atom. The zero-order valence-electron chi connectivity index (χ0n) is 19.7. The maximum atomic E-state index is 14.0. The number of morpholine rings is 1. The van der Waals surface area contributed by atoms with Gasteiger partial charge in [-0.25, -0.2) is 24.7 Å². The molecule has 2 atom stereocenters. The number of nitrogens with one attached hydrogen (secondary N) is 1. The molecule has 0 spiro atoms. The van der Waals surface area contributed by atoms with Crippen LogP contribution in [0, 0.1) is 5.92 Å². The SMILES string of the molecule is N/C(=N\N(N)CCN1CCOCC1)c1ccc(C(C(=O)Nc2ncc(Cl)s2)C2CCC(F)(F)C2)cc1. The Bertz CT molecular complexity index is 1060. The molecule has 1 saturated carbocycles. The number of nitrogens with two attached hydrogens (primary N) is 2. The minimum atomic E-state index is -2.78. The van der Waals surface area contributed by atoms with E-state index in [1.54, 1.807) is 24.3 Å². The highest BCUT2D eigenvalue weighted by Gasteiger charge is 2.45. The average Bonchev–Trinajstić information content (AvgIpc) is 3.42. The van der Waals surface area contributed by atoms with Gasteiger partial charge in [0.25, 0.3) is 0 Å². The number of aromatic nitrogens is 1. The van der Waals surface area contributed by atoms with Crippen LogP contribution in [0.4, 0.5) is 13.9 Å². The van der Waals surface area contributed by atoms with E-state index in [-0.39, 0.29) is 25.1 Å². The van der Waals surface area contributed by atoms with Crippen molar-refractivity contribution in [2.24, 2.45) is 22.6 Å². The van der Waals surface area contributed by atoms with Crippen molar-refractivity contribution in [1.82, 2.24) is 15.0 Å². The van der Waals surface area contributed by atoms with Gasteiger partial charge in [-0.3, -0.25) is 9.69 Å². The standard InChI is InChI=1S/C23H30ClF2N7O2S/c24-18-14-29-22(36-18)30-21(34)19(17-5-6-23(25,26)13-17)15-1-3-16(4-2-15)20(27)31-33(28)8-7-32-9-11-35-12-10-32/h1-4,14,17,19H,5-13,28H2,(H2,27,31)(H,29,30,34). The van der Waals surface area contributed by atoms with Crippen molar-refractivity contribution in [1.29, 1.82) is 0 Å². The lowest BCUT2D eigenvalue weighted by Gasteiger charge is -2.27. The molecule has 2 unspecified atom stereocenters. The number of benzene rings is 1. The quantitative estimate of drug-likeness (QED) is 0.193. The first-order valence-electron chi connectivity index (χ1n) is 11.8. The van der Waals surface area contributed by atoms with E-state index in [1.165, 1.54) is 11.3 Å². The molecule has 2 aromatic rings. The first kappa shape index (κ1) is 26.7. The molecule has 1 aliphatic carbocycles. The maximum Gasteiger partial charge on any atom is 0.248 e. The lowest BCUT2D eigenvalue weighted by Crippen LogP contribution is -2.42. The number of hydrazine groups is 1. The summed E-state index contributed by atoms with van der Waals surface area (Å²) in [5.41, 5.74) is 7.38. The molecule has 1 aliphatic heterocycles. The molecule has 4 rings (SSSR count). The van der Waals surface area contributed by atoms with E-state index in [1.807, 2.05) is 0 Å². The molecule has 196 valence electrons. The van der Waals surface area contributed by atoms with Crippen molar-refractivity contribution in [2.75, 3.05) is 44.7 Å². The minimum absolute atomic E-state index is 0.219. The molecule has 0 bridgehead atoms. The molecule has 13 heteroatoms. The number of hydrogen-bond acceptors (Lipinski definition) is 8. The molecule has 36 heavy (non-hydrogen) atoms. The second-order valence-corrected chi connectivity index (χ2v) is 10.7. The predicted octanol–water partition coefficient (Wildman–Crippen LogP) is 3.08. The second kappa shape index (κ2) is 11.8. The maximum absolute atomic E-state index is 14.0. The fourth-order valence-corrected chi connectivity index (χ4v) is 5.39. The van der Waals surface area contributed by atoms with Crippen molar-refractivity contribution in [3.8, 4) is 0 Å². The number of ether oxygens (including phenoxy) is 1. The highest BCUT2D eigenvalue weighted by molar-refractivity contribution is 7.19. The summed E-state index contributed by atoms with van der Waals surface area (Å²) < 4.78 is 33.8. The van der Waals surface area contributed by atoms with Crippen molar-refractivity contribution >= 4 is 39.8 Å². The number of alkyl halides is 2. The molecule has 1 aromatic heterocycles. The van der Waals surface area contributed by atoms with Crippen LogP contribution in [0.3, 0.4) is 0 Å². The number of amides is 1. The highest BCUT2D eigenvalue weighted by atomic mass is 35.5. The van der Waals surface area contributed by atoms with Gasteiger partial charge >= 0.3 is 0 Å². The van der Waals surface area contributed by atoms with Gasteiger partial charge < -0.3 is 15.8 Å². The number of thiazole rings is 1. The van der Waals surface area contributed by atoms with Crippen LogP contribution in [0.1, 0.15) is 36.3 Å². The van der Waals surface area contributed by atoms with Crippen LogP contribution in [-0.2, 0) is 9.53 Å². The molecule has 2 aliphatic rings. The van der Waals surface area contributed by atoms with Crippen LogP contribution in [0.25, 0.3) is 0 Å². The monoisotopic (exact) mass is 541 g/mol. The number of halogens is 3. The van der Waals surface area contributed by atoms with Crippen molar-refractivity contribution in [3.63, 3.8) is 0 Å². The van der Waals surface area contributed by atoms with Gasteiger partial charge in [0.2, 0.25) is 11.8 Å². The number of carbonyl (C=O) groups excluding carboxylic acids is 1. The average molecular weight is 542 g/mol. The van der Waals surface area contributed by atoms with E-state index < -0.39 is 23.7 Å². The van der Waals surface area contributed by atoms with Gasteiger partial charge in [0.05, 0.1) is 31.9 Å². The van der Waals surface area contributed by atoms with Gasteiger partial charge in [0, 0.05) is 38.0 Å². The Labute approximate surface area is 217 Å². The first-order chi connectivity index (χ1) is 17.2. The predicted molar refractivity (Wildman–Crippen MR) is 136 cm³/mol. The molecule has 0 radical (unpaired) electrons. The first-order valence-corrected chi connectivity index (χ1v) is 13.0. The molecule has 1 amide bonds. The summed E-state index contributed by atoms with van der Waals surface area (Å²) in [6.45, 7) is 4.35. The number of rotatable bonds is 9. The fraction of sp³-hybridized carbons (Fsp3) is 0.522. The van der Waals surface area contributed by atoms with Gasteiger partial charge in [-0.05, 0) is 17.9 Å². The van der Waals surface area contributed by atoms with Crippen LogP contribution < -0.4 is 16.9 Å². The van der Waals surface area contributed by atoms with Crippen LogP contribution in [0.5, 0.6) is 0 Å². The van der Waals surface area contributed by atoms with E-state index in [4.69, 9.17) is 27.9 Å². The van der Waals surface area contributed by atoms with Crippen LogP contribution >= 0.6 is 22.9 Å². The van der Waals surface area contributed by atoms with E-state index >= 15 is 0 Å². The van der Waals surface area contributed by atoms with E-state index in [0.717, 1.165) is 31.0 Å². The van der Waals surface area contributed by atoms with E-state index in [0.29, 0.717) is 40.4 Å². The molecule has 9 nitrogen and oxygen atoms in total.